The Morgan fingerprint density at radius 1 is 1.18 bits per heavy atom. The van der Waals surface area contributed by atoms with Gasteiger partial charge in [-0.2, -0.15) is 4.98 Å². The van der Waals surface area contributed by atoms with E-state index in [1.807, 2.05) is 42.1 Å². The van der Waals surface area contributed by atoms with Gasteiger partial charge in [0.25, 0.3) is 5.91 Å². The van der Waals surface area contributed by atoms with E-state index in [0.29, 0.717) is 18.8 Å². The maximum atomic E-state index is 14.7. The summed E-state index contributed by atoms with van der Waals surface area (Å²) < 4.78 is 14.7. The van der Waals surface area contributed by atoms with Crippen molar-refractivity contribution in [1.29, 1.82) is 0 Å². The molecule has 0 unspecified atom stereocenters. The van der Waals surface area contributed by atoms with Crippen LogP contribution in [0.5, 0.6) is 0 Å². The van der Waals surface area contributed by atoms with E-state index in [4.69, 9.17) is 11.6 Å². The van der Waals surface area contributed by atoms with Crippen LogP contribution in [0.15, 0.2) is 42.6 Å². The molecule has 0 atom stereocenters. The lowest BCUT2D eigenvalue weighted by atomic mass is 9.80. The third-order valence-electron chi connectivity index (χ3n) is 6.68. The Bertz CT molecular complexity index is 1400. The number of nitrogens with one attached hydrogen (secondary N) is 3. The van der Waals surface area contributed by atoms with Gasteiger partial charge in [0, 0.05) is 25.0 Å². The Morgan fingerprint density at radius 2 is 1.95 bits per heavy atom. The summed E-state index contributed by atoms with van der Waals surface area (Å²) in [6.45, 7) is 5.32. The number of halogens is 2. The van der Waals surface area contributed by atoms with Gasteiger partial charge >= 0.3 is 0 Å². The van der Waals surface area contributed by atoms with Crippen molar-refractivity contribution in [2.75, 3.05) is 49.8 Å². The average Bonchev–Trinajstić information content (AvgIpc) is 3.01. The minimum Gasteiger partial charge on any atom is -0.355 e. The maximum Gasteiger partial charge on any atom is 0.253 e. The first-order valence-corrected chi connectivity index (χ1v) is 13.0. The average molecular weight is 554 g/mol. The van der Waals surface area contributed by atoms with E-state index in [0.717, 1.165) is 24.1 Å². The molecule has 1 aliphatic heterocycles. The SMILES string of the molecule is CNC(=O)c1cccc(F)c1Nc1nc(Nc2ccc3c(c2)N(C(=O)CN(C)C)CCCC3(C)C)ncc1Cl. The van der Waals surface area contributed by atoms with E-state index < -0.39 is 11.7 Å². The lowest BCUT2D eigenvalue weighted by Gasteiger charge is -2.29. The summed E-state index contributed by atoms with van der Waals surface area (Å²) in [4.78, 5) is 37.8. The van der Waals surface area contributed by atoms with Crippen molar-refractivity contribution >= 4 is 52.2 Å². The van der Waals surface area contributed by atoms with Crippen LogP contribution in [0.3, 0.4) is 0 Å². The number of hydrogen-bond acceptors (Lipinski definition) is 7. The number of fused-ring (bicyclic) bond motifs is 1. The van der Waals surface area contributed by atoms with Crippen molar-refractivity contribution in [3.05, 3.63) is 64.6 Å². The third-order valence-corrected chi connectivity index (χ3v) is 6.96. The fraction of sp³-hybridized carbons (Fsp3) is 0.357. The third kappa shape index (κ3) is 6.29. The second-order valence-corrected chi connectivity index (χ2v) is 10.8. The number of rotatable bonds is 7. The number of aromatic nitrogens is 2. The predicted octanol–water partition coefficient (Wildman–Crippen LogP) is 5.08. The number of nitrogens with zero attached hydrogens (tertiary/aromatic N) is 4. The number of carbonyl (C=O) groups excluding carboxylic acids is 2. The monoisotopic (exact) mass is 553 g/mol. The van der Waals surface area contributed by atoms with E-state index in [-0.39, 0.29) is 39.4 Å². The zero-order chi connectivity index (χ0) is 28.3. The summed E-state index contributed by atoms with van der Waals surface area (Å²) in [5.41, 5.74) is 2.58. The van der Waals surface area contributed by atoms with Crippen LogP contribution in [-0.2, 0) is 10.2 Å². The van der Waals surface area contributed by atoms with Gasteiger partial charge in [0.15, 0.2) is 5.82 Å². The molecule has 2 amide bonds. The molecule has 1 aliphatic rings. The smallest absolute Gasteiger partial charge is 0.253 e. The van der Waals surface area contributed by atoms with Crippen molar-refractivity contribution in [3.8, 4) is 0 Å². The number of likely N-dealkylation sites (N-methyl/N-ethyl adjacent to an activating group) is 1. The molecule has 2 heterocycles. The molecule has 0 aliphatic carbocycles. The van der Waals surface area contributed by atoms with E-state index in [2.05, 4.69) is 39.8 Å². The molecule has 1 aromatic heterocycles. The number of amides is 2. The standard InChI is InChI=1S/C28H33ClFN7O2/c1-28(2)12-7-13-37(23(38)16-36(4)5)22-14-17(10-11-19(22)28)33-27-32-15-20(29)25(35-27)34-24-18(26(39)31-3)8-6-9-21(24)30/h6,8-11,14-15H,7,12-13,16H2,1-5H3,(H,31,39)(H2,32,33,34,35). The zero-order valence-electron chi connectivity index (χ0n) is 22.7. The summed E-state index contributed by atoms with van der Waals surface area (Å²) >= 11 is 6.32. The zero-order valence-corrected chi connectivity index (χ0v) is 23.5. The van der Waals surface area contributed by atoms with Crippen molar-refractivity contribution in [2.24, 2.45) is 0 Å². The van der Waals surface area contributed by atoms with Crippen LogP contribution in [-0.4, -0.2) is 60.9 Å². The Labute approximate surface area is 232 Å². The molecule has 4 rings (SSSR count). The largest absolute Gasteiger partial charge is 0.355 e. The van der Waals surface area contributed by atoms with Crippen LogP contribution in [0, 0.1) is 5.82 Å². The Morgan fingerprint density at radius 3 is 2.67 bits per heavy atom. The van der Waals surface area contributed by atoms with Crippen LogP contribution < -0.4 is 20.9 Å². The lowest BCUT2D eigenvalue weighted by Crippen LogP contribution is -2.38. The van der Waals surface area contributed by atoms with Gasteiger partial charge in [0.05, 0.1) is 24.0 Å². The van der Waals surface area contributed by atoms with Gasteiger partial charge in [-0.25, -0.2) is 9.37 Å². The number of carbonyl (C=O) groups is 2. The molecule has 2 aromatic carbocycles. The van der Waals surface area contributed by atoms with Crippen molar-refractivity contribution in [1.82, 2.24) is 20.2 Å². The van der Waals surface area contributed by atoms with Crippen LogP contribution >= 0.6 is 11.6 Å². The fourth-order valence-electron chi connectivity index (χ4n) is 4.69. The summed E-state index contributed by atoms with van der Waals surface area (Å²) in [5.74, 6) is -0.720. The highest BCUT2D eigenvalue weighted by atomic mass is 35.5. The molecule has 0 saturated carbocycles. The quantitative estimate of drug-likeness (QED) is 0.375. The molecule has 11 heteroatoms. The molecule has 0 fully saturated rings. The molecule has 0 saturated heterocycles. The number of hydrogen-bond donors (Lipinski definition) is 3. The minimum absolute atomic E-state index is 0.0298. The van der Waals surface area contributed by atoms with Gasteiger partial charge in [0.2, 0.25) is 11.9 Å². The van der Waals surface area contributed by atoms with Gasteiger partial charge in [-0.1, -0.05) is 37.6 Å². The molecule has 0 radical (unpaired) electrons. The highest BCUT2D eigenvalue weighted by Gasteiger charge is 2.31. The number of anilines is 5. The summed E-state index contributed by atoms with van der Waals surface area (Å²) in [7, 11) is 5.22. The van der Waals surface area contributed by atoms with Gasteiger partial charge < -0.3 is 25.8 Å². The molecule has 3 N–H and O–H groups in total. The van der Waals surface area contributed by atoms with Gasteiger partial charge in [-0.15, -0.1) is 0 Å². The number of benzene rings is 2. The minimum atomic E-state index is -0.629. The maximum absolute atomic E-state index is 14.7. The topological polar surface area (TPSA) is 102 Å². The Balaban J connectivity index is 1.67. The van der Waals surface area contributed by atoms with Crippen molar-refractivity contribution < 1.29 is 14.0 Å². The first-order chi connectivity index (χ1) is 18.5. The molecule has 39 heavy (non-hydrogen) atoms. The highest BCUT2D eigenvalue weighted by molar-refractivity contribution is 6.33. The van der Waals surface area contributed by atoms with E-state index >= 15 is 0 Å². The van der Waals surface area contributed by atoms with Crippen molar-refractivity contribution in [2.45, 2.75) is 32.1 Å². The van der Waals surface area contributed by atoms with Crippen LogP contribution in [0.1, 0.15) is 42.6 Å². The van der Waals surface area contributed by atoms with Crippen LogP contribution in [0.25, 0.3) is 0 Å². The Hall–Kier alpha value is -3.76. The van der Waals surface area contributed by atoms with Gasteiger partial charge in [0.1, 0.15) is 10.8 Å². The second-order valence-electron chi connectivity index (χ2n) is 10.4. The molecule has 9 nitrogen and oxygen atoms in total. The Kier molecular flexibility index (Phi) is 8.36. The first-order valence-electron chi connectivity index (χ1n) is 12.7. The fourth-order valence-corrected chi connectivity index (χ4v) is 4.83. The summed E-state index contributed by atoms with van der Waals surface area (Å²) in [6.07, 6.45) is 3.24. The summed E-state index contributed by atoms with van der Waals surface area (Å²) in [6, 6.07) is 10.1. The molecule has 0 spiro atoms. The van der Waals surface area contributed by atoms with E-state index in [1.54, 1.807) is 0 Å². The van der Waals surface area contributed by atoms with Gasteiger partial charge in [-0.3, -0.25) is 9.59 Å². The van der Waals surface area contributed by atoms with E-state index in [9.17, 15) is 14.0 Å². The second kappa shape index (κ2) is 11.5. The molecular formula is C28H33ClFN7O2. The highest BCUT2D eigenvalue weighted by Crippen LogP contribution is 2.40. The molecule has 3 aromatic rings. The van der Waals surface area contributed by atoms with Crippen molar-refractivity contribution in [3.63, 3.8) is 0 Å². The number of para-hydroxylation sites is 1. The molecule has 0 bridgehead atoms. The predicted molar refractivity (Wildman–Crippen MR) is 153 cm³/mol. The normalized spacial score (nSPS) is 14.4. The van der Waals surface area contributed by atoms with Crippen LogP contribution in [0.2, 0.25) is 5.02 Å². The molecule has 206 valence electrons. The van der Waals surface area contributed by atoms with Crippen LogP contribution in [0.4, 0.5) is 33.2 Å². The summed E-state index contributed by atoms with van der Waals surface area (Å²) in [5, 5.41) is 8.66. The lowest BCUT2D eigenvalue weighted by molar-refractivity contribution is -0.119. The molecular weight excluding hydrogens is 521 g/mol. The first kappa shape index (κ1) is 28.3. The van der Waals surface area contributed by atoms with E-state index in [1.165, 1.54) is 31.4 Å². The van der Waals surface area contributed by atoms with Gasteiger partial charge in [-0.05, 0) is 62.2 Å².